The van der Waals surface area contributed by atoms with Gasteiger partial charge in [0.05, 0.1) is 12.1 Å². The van der Waals surface area contributed by atoms with E-state index in [2.05, 4.69) is 34.4 Å². The Balaban J connectivity index is 2.17. The lowest BCUT2D eigenvalue weighted by Gasteiger charge is -2.24. The van der Waals surface area contributed by atoms with E-state index in [0.29, 0.717) is 0 Å². The molecule has 18 heavy (non-hydrogen) atoms. The second-order valence-electron chi connectivity index (χ2n) is 5.04. The highest BCUT2D eigenvalue weighted by Gasteiger charge is 2.29. The van der Waals surface area contributed by atoms with E-state index in [9.17, 15) is 0 Å². The first-order valence-electron chi connectivity index (χ1n) is 6.57. The maximum Gasteiger partial charge on any atom is 0.133 e. The minimum atomic E-state index is -0.0111. The van der Waals surface area contributed by atoms with Gasteiger partial charge in [-0.1, -0.05) is 6.92 Å². The van der Waals surface area contributed by atoms with Crippen LogP contribution in [0.5, 0.6) is 0 Å². The number of nitrogens with zero attached hydrogens (tertiary/aromatic N) is 2. The van der Waals surface area contributed by atoms with Crippen LogP contribution in [-0.4, -0.2) is 35.8 Å². The molecule has 1 aromatic heterocycles. The lowest BCUT2D eigenvalue weighted by molar-refractivity contribution is 0.185. The highest BCUT2D eigenvalue weighted by Crippen LogP contribution is 2.24. The zero-order chi connectivity index (χ0) is 13.0. The number of aromatic nitrogens is 2. The predicted octanol–water partition coefficient (Wildman–Crippen LogP) is 2.06. The summed E-state index contributed by atoms with van der Waals surface area (Å²) in [5, 5.41) is 6.56. The summed E-state index contributed by atoms with van der Waals surface area (Å²) in [6, 6.07) is 1.95. The van der Waals surface area contributed by atoms with Crippen LogP contribution in [0.15, 0.2) is 6.07 Å². The molecule has 0 bridgehead atoms. The van der Waals surface area contributed by atoms with Gasteiger partial charge >= 0.3 is 0 Å². The molecule has 2 rings (SSSR count). The van der Waals surface area contributed by atoms with Gasteiger partial charge in [-0.15, -0.1) is 0 Å². The largest absolute Gasteiger partial charge is 0.379 e. The van der Waals surface area contributed by atoms with Crippen LogP contribution in [0.4, 0.5) is 11.6 Å². The smallest absolute Gasteiger partial charge is 0.133 e. The molecule has 2 N–H and O–H groups in total. The summed E-state index contributed by atoms with van der Waals surface area (Å²) >= 11 is 0. The summed E-state index contributed by atoms with van der Waals surface area (Å²) < 4.78 is 5.45. The molecule has 1 fully saturated rings. The Hall–Kier alpha value is -1.36. The molecule has 100 valence electrons. The molecule has 1 aliphatic rings. The van der Waals surface area contributed by atoms with Crippen LogP contribution in [0.1, 0.15) is 32.5 Å². The molecule has 1 atom stereocenters. The fraction of sp³-hybridized carbons (Fsp3) is 0.692. The van der Waals surface area contributed by atoms with E-state index in [1.165, 1.54) is 0 Å². The highest BCUT2D eigenvalue weighted by molar-refractivity contribution is 5.48. The molecule has 0 radical (unpaired) electrons. The lowest BCUT2D eigenvalue weighted by atomic mass is 10.0. The van der Waals surface area contributed by atoms with Crippen LogP contribution in [0.2, 0.25) is 0 Å². The van der Waals surface area contributed by atoms with Gasteiger partial charge < -0.3 is 15.4 Å². The predicted molar refractivity (Wildman–Crippen MR) is 73.0 cm³/mol. The van der Waals surface area contributed by atoms with Crippen molar-refractivity contribution < 1.29 is 4.74 Å². The second-order valence-corrected chi connectivity index (χ2v) is 5.04. The van der Waals surface area contributed by atoms with Crippen molar-refractivity contribution in [1.82, 2.24) is 9.97 Å². The van der Waals surface area contributed by atoms with Crippen molar-refractivity contribution in [3.8, 4) is 0 Å². The van der Waals surface area contributed by atoms with Crippen LogP contribution in [0, 0.1) is 0 Å². The Bertz CT molecular complexity index is 402. The number of hydrogen-bond donors (Lipinski definition) is 2. The maximum absolute atomic E-state index is 5.45. The Morgan fingerprint density at radius 2 is 2.17 bits per heavy atom. The number of anilines is 2. The Morgan fingerprint density at radius 1 is 1.39 bits per heavy atom. The number of ether oxygens (including phenoxy) is 1. The lowest BCUT2D eigenvalue weighted by Crippen LogP contribution is -2.35. The molecule has 1 saturated heterocycles. The van der Waals surface area contributed by atoms with Crippen LogP contribution >= 0.6 is 0 Å². The molecule has 2 heterocycles. The zero-order valence-electron chi connectivity index (χ0n) is 11.4. The van der Waals surface area contributed by atoms with Crippen molar-refractivity contribution in [2.45, 2.75) is 38.6 Å². The highest BCUT2D eigenvalue weighted by atomic mass is 16.5. The molecule has 0 amide bonds. The van der Waals surface area contributed by atoms with E-state index in [1.54, 1.807) is 0 Å². The van der Waals surface area contributed by atoms with E-state index in [0.717, 1.165) is 49.9 Å². The van der Waals surface area contributed by atoms with E-state index < -0.39 is 0 Å². The zero-order valence-corrected chi connectivity index (χ0v) is 11.4. The van der Waals surface area contributed by atoms with E-state index >= 15 is 0 Å². The normalized spacial score (nSPS) is 23.1. The van der Waals surface area contributed by atoms with Gasteiger partial charge in [0.1, 0.15) is 17.5 Å². The summed E-state index contributed by atoms with van der Waals surface area (Å²) in [7, 11) is 1.88. The van der Waals surface area contributed by atoms with Gasteiger partial charge in [-0.3, -0.25) is 0 Å². The molecule has 1 aliphatic heterocycles. The summed E-state index contributed by atoms with van der Waals surface area (Å²) in [5.41, 5.74) is -0.0111. The van der Waals surface area contributed by atoms with Gasteiger partial charge in [0.15, 0.2) is 0 Å². The molecule has 1 unspecified atom stereocenters. The average Bonchev–Trinajstić information content (AvgIpc) is 2.75. The van der Waals surface area contributed by atoms with Gasteiger partial charge in [-0.2, -0.15) is 0 Å². The van der Waals surface area contributed by atoms with Crippen LogP contribution in [0.25, 0.3) is 0 Å². The van der Waals surface area contributed by atoms with Crippen LogP contribution in [-0.2, 0) is 11.2 Å². The van der Waals surface area contributed by atoms with Gasteiger partial charge in [-0.25, -0.2) is 9.97 Å². The molecule has 1 aromatic rings. The fourth-order valence-corrected chi connectivity index (χ4v) is 2.10. The second kappa shape index (κ2) is 5.52. The summed E-state index contributed by atoms with van der Waals surface area (Å²) in [6.07, 6.45) is 2.96. The first-order valence-corrected chi connectivity index (χ1v) is 6.57. The molecular weight excluding hydrogens is 228 g/mol. The topological polar surface area (TPSA) is 59.1 Å². The SMILES string of the molecule is CCCc1nc(NC)cc(NC2(C)CCOC2)n1. The number of rotatable bonds is 5. The van der Waals surface area contributed by atoms with Crippen molar-refractivity contribution in [2.24, 2.45) is 0 Å². The van der Waals surface area contributed by atoms with Crippen molar-refractivity contribution in [2.75, 3.05) is 30.9 Å². The number of nitrogens with one attached hydrogen (secondary N) is 2. The third-order valence-electron chi connectivity index (χ3n) is 3.15. The van der Waals surface area contributed by atoms with Crippen molar-refractivity contribution in [3.63, 3.8) is 0 Å². The molecule has 0 spiro atoms. The first kappa shape index (κ1) is 13.1. The van der Waals surface area contributed by atoms with Gasteiger partial charge in [0.25, 0.3) is 0 Å². The average molecular weight is 250 g/mol. The van der Waals surface area contributed by atoms with Crippen molar-refractivity contribution >= 4 is 11.6 Å². The Labute approximate surface area is 108 Å². The Kier molecular flexibility index (Phi) is 4.01. The van der Waals surface area contributed by atoms with E-state index in [1.807, 2.05) is 13.1 Å². The van der Waals surface area contributed by atoms with Gasteiger partial charge in [-0.05, 0) is 19.8 Å². The third-order valence-corrected chi connectivity index (χ3v) is 3.15. The quantitative estimate of drug-likeness (QED) is 0.837. The molecule has 0 saturated carbocycles. The standard InChI is InChI=1S/C13H22N4O/c1-4-5-10-15-11(14-3)8-12(16-10)17-13(2)6-7-18-9-13/h8H,4-7,9H2,1-3H3,(H2,14,15,16,17). The molecule has 5 nitrogen and oxygen atoms in total. The van der Waals surface area contributed by atoms with Gasteiger partial charge in [0.2, 0.25) is 0 Å². The molecular formula is C13H22N4O. The van der Waals surface area contributed by atoms with E-state index in [-0.39, 0.29) is 5.54 Å². The Morgan fingerprint density at radius 3 is 2.78 bits per heavy atom. The van der Waals surface area contributed by atoms with Crippen molar-refractivity contribution in [3.05, 3.63) is 11.9 Å². The summed E-state index contributed by atoms with van der Waals surface area (Å²) in [4.78, 5) is 9.01. The first-order chi connectivity index (χ1) is 8.65. The monoisotopic (exact) mass is 250 g/mol. The molecule has 0 aromatic carbocycles. The van der Waals surface area contributed by atoms with Crippen LogP contribution < -0.4 is 10.6 Å². The minimum Gasteiger partial charge on any atom is -0.379 e. The van der Waals surface area contributed by atoms with E-state index in [4.69, 9.17) is 4.74 Å². The third kappa shape index (κ3) is 3.10. The maximum atomic E-state index is 5.45. The molecule has 5 heteroatoms. The molecule has 0 aliphatic carbocycles. The number of hydrogen-bond acceptors (Lipinski definition) is 5. The summed E-state index contributed by atoms with van der Waals surface area (Å²) in [5.74, 6) is 2.62. The minimum absolute atomic E-state index is 0.0111. The number of aryl methyl sites for hydroxylation is 1. The fourth-order valence-electron chi connectivity index (χ4n) is 2.10. The summed E-state index contributed by atoms with van der Waals surface area (Å²) in [6.45, 7) is 5.85. The van der Waals surface area contributed by atoms with Crippen molar-refractivity contribution in [1.29, 1.82) is 0 Å². The van der Waals surface area contributed by atoms with Gasteiger partial charge in [0, 0.05) is 26.1 Å². The van der Waals surface area contributed by atoms with Crippen LogP contribution in [0.3, 0.4) is 0 Å².